The summed E-state index contributed by atoms with van der Waals surface area (Å²) in [5, 5.41) is 3.03. The van der Waals surface area contributed by atoms with E-state index in [-0.39, 0.29) is 23.9 Å². The highest BCUT2D eigenvalue weighted by molar-refractivity contribution is 6.07. The Morgan fingerprint density at radius 3 is 2.57 bits per heavy atom. The van der Waals surface area contributed by atoms with Gasteiger partial charge in [0.15, 0.2) is 0 Å². The second-order valence-electron chi connectivity index (χ2n) is 8.83. The summed E-state index contributed by atoms with van der Waals surface area (Å²) in [6, 6.07) is 9.82. The number of rotatable bonds is 5. The predicted octanol–water partition coefficient (Wildman–Crippen LogP) is 2.36. The summed E-state index contributed by atoms with van der Waals surface area (Å²) in [6.07, 6.45) is 4.19. The minimum absolute atomic E-state index is 0.0957. The van der Waals surface area contributed by atoms with Crippen LogP contribution in [0.5, 0.6) is 0 Å². The van der Waals surface area contributed by atoms with Crippen LogP contribution in [0.25, 0.3) is 0 Å². The maximum absolute atomic E-state index is 13.4. The smallest absolute Gasteiger partial charge is 0.325 e. The minimum atomic E-state index is -0.778. The largest absolute Gasteiger partial charge is 0.341 e. The van der Waals surface area contributed by atoms with Crippen molar-refractivity contribution in [2.24, 2.45) is 0 Å². The third kappa shape index (κ3) is 4.08. The number of hydrogen-bond donors (Lipinski definition) is 1. The van der Waals surface area contributed by atoms with Crippen molar-refractivity contribution in [1.29, 1.82) is 0 Å². The van der Waals surface area contributed by atoms with E-state index >= 15 is 0 Å². The zero-order chi connectivity index (χ0) is 21.1. The molecule has 7 nitrogen and oxygen atoms in total. The number of nitrogens with one attached hydrogen (secondary N) is 1. The lowest BCUT2D eigenvalue weighted by atomic mass is 9.87. The Morgan fingerprint density at radius 1 is 1.13 bits per heavy atom. The van der Waals surface area contributed by atoms with E-state index in [0.29, 0.717) is 25.8 Å². The molecule has 3 fully saturated rings. The summed E-state index contributed by atoms with van der Waals surface area (Å²) in [5.41, 5.74) is 0.482. The first-order chi connectivity index (χ1) is 14.5. The Morgan fingerprint density at radius 2 is 1.87 bits per heavy atom. The van der Waals surface area contributed by atoms with Gasteiger partial charge in [-0.15, -0.1) is 0 Å². The van der Waals surface area contributed by atoms with Crippen molar-refractivity contribution in [3.8, 4) is 0 Å². The van der Waals surface area contributed by atoms with Gasteiger partial charge in [0.25, 0.3) is 5.91 Å². The van der Waals surface area contributed by atoms with Gasteiger partial charge in [0, 0.05) is 39.1 Å². The first-order valence-electron chi connectivity index (χ1n) is 11.2. The number of piperidine rings is 2. The zero-order valence-corrected chi connectivity index (χ0v) is 17.8. The molecule has 4 rings (SSSR count). The fourth-order valence-corrected chi connectivity index (χ4v) is 5.01. The highest BCUT2D eigenvalue weighted by Crippen LogP contribution is 2.33. The minimum Gasteiger partial charge on any atom is -0.341 e. The SMILES string of the molecule is CCCC(=O)N1CCC[C@@H](N2C(=O)NC3(CCN(Cc4ccccc4)CC3)C2=O)C1. The van der Waals surface area contributed by atoms with Gasteiger partial charge in [-0.25, -0.2) is 4.79 Å². The maximum atomic E-state index is 13.4. The molecule has 0 unspecified atom stereocenters. The molecule has 162 valence electrons. The molecule has 1 atom stereocenters. The van der Waals surface area contributed by atoms with Crippen molar-refractivity contribution in [2.75, 3.05) is 26.2 Å². The lowest BCUT2D eigenvalue weighted by Gasteiger charge is -2.39. The Bertz CT molecular complexity index is 789. The molecule has 1 spiro atoms. The second-order valence-corrected chi connectivity index (χ2v) is 8.83. The Hall–Kier alpha value is -2.41. The van der Waals surface area contributed by atoms with Gasteiger partial charge in [0.2, 0.25) is 5.91 Å². The molecule has 0 radical (unpaired) electrons. The van der Waals surface area contributed by atoms with Gasteiger partial charge in [-0.3, -0.25) is 19.4 Å². The van der Waals surface area contributed by atoms with E-state index < -0.39 is 5.54 Å². The third-order valence-electron chi connectivity index (χ3n) is 6.73. The Labute approximate surface area is 178 Å². The van der Waals surface area contributed by atoms with Crippen LogP contribution in [0.1, 0.15) is 51.0 Å². The molecule has 4 amide bonds. The van der Waals surface area contributed by atoms with Crippen LogP contribution < -0.4 is 5.32 Å². The highest BCUT2D eigenvalue weighted by Gasteiger charge is 2.54. The molecule has 0 aromatic heterocycles. The van der Waals surface area contributed by atoms with Crippen LogP contribution in [0, 0.1) is 0 Å². The molecule has 3 aliphatic rings. The van der Waals surface area contributed by atoms with Gasteiger partial charge in [-0.05, 0) is 37.7 Å². The van der Waals surface area contributed by atoms with Gasteiger partial charge in [-0.1, -0.05) is 37.3 Å². The third-order valence-corrected chi connectivity index (χ3v) is 6.73. The maximum Gasteiger partial charge on any atom is 0.325 e. The van der Waals surface area contributed by atoms with Crippen molar-refractivity contribution >= 4 is 17.8 Å². The number of benzene rings is 1. The summed E-state index contributed by atoms with van der Waals surface area (Å²) in [7, 11) is 0. The van der Waals surface area contributed by atoms with Crippen LogP contribution in [0.2, 0.25) is 0 Å². The van der Waals surface area contributed by atoms with E-state index in [0.717, 1.165) is 45.4 Å². The summed E-state index contributed by atoms with van der Waals surface area (Å²) < 4.78 is 0. The van der Waals surface area contributed by atoms with Crippen LogP contribution in [0.3, 0.4) is 0 Å². The number of likely N-dealkylation sites (tertiary alicyclic amines) is 2. The van der Waals surface area contributed by atoms with Crippen molar-refractivity contribution in [3.05, 3.63) is 35.9 Å². The fourth-order valence-electron chi connectivity index (χ4n) is 5.01. The first-order valence-corrected chi connectivity index (χ1v) is 11.2. The van der Waals surface area contributed by atoms with Crippen LogP contribution >= 0.6 is 0 Å². The number of urea groups is 1. The molecule has 1 aromatic carbocycles. The average molecular weight is 413 g/mol. The van der Waals surface area contributed by atoms with Crippen molar-refractivity contribution in [2.45, 2.75) is 63.6 Å². The predicted molar refractivity (Wildman–Crippen MR) is 114 cm³/mol. The molecular formula is C23H32N4O3. The number of hydrogen-bond acceptors (Lipinski definition) is 4. The van der Waals surface area contributed by atoms with Gasteiger partial charge in [0.05, 0.1) is 6.04 Å². The topological polar surface area (TPSA) is 73.0 Å². The van der Waals surface area contributed by atoms with E-state index in [1.807, 2.05) is 30.0 Å². The number of carbonyl (C=O) groups excluding carboxylic acids is 3. The molecule has 1 aromatic rings. The lowest BCUT2D eigenvalue weighted by Crippen LogP contribution is -2.56. The van der Waals surface area contributed by atoms with Crippen molar-refractivity contribution < 1.29 is 14.4 Å². The summed E-state index contributed by atoms with van der Waals surface area (Å²) >= 11 is 0. The molecule has 7 heteroatoms. The Kier molecular flexibility index (Phi) is 6.09. The molecule has 0 saturated carbocycles. The zero-order valence-electron chi connectivity index (χ0n) is 17.8. The van der Waals surface area contributed by atoms with Crippen LogP contribution in [0.15, 0.2) is 30.3 Å². The molecular weight excluding hydrogens is 380 g/mol. The molecule has 0 bridgehead atoms. The van der Waals surface area contributed by atoms with Gasteiger partial charge in [-0.2, -0.15) is 0 Å². The first kappa shape index (κ1) is 20.8. The lowest BCUT2D eigenvalue weighted by molar-refractivity contribution is -0.139. The summed E-state index contributed by atoms with van der Waals surface area (Å²) in [5.74, 6) is 0.0276. The fraction of sp³-hybridized carbons (Fsp3) is 0.609. The number of amides is 4. The van der Waals surface area contributed by atoms with Gasteiger partial charge >= 0.3 is 6.03 Å². The molecule has 30 heavy (non-hydrogen) atoms. The van der Waals surface area contributed by atoms with Crippen LogP contribution in [0.4, 0.5) is 4.79 Å². The Balaban J connectivity index is 1.39. The van der Waals surface area contributed by atoms with Crippen molar-refractivity contribution in [3.63, 3.8) is 0 Å². The van der Waals surface area contributed by atoms with E-state index in [2.05, 4.69) is 22.3 Å². The molecule has 1 N–H and O–H groups in total. The van der Waals surface area contributed by atoms with Crippen molar-refractivity contribution in [1.82, 2.24) is 20.0 Å². The average Bonchev–Trinajstić information content (AvgIpc) is 3.00. The summed E-state index contributed by atoms with van der Waals surface area (Å²) in [4.78, 5) is 44.1. The van der Waals surface area contributed by atoms with Crippen LogP contribution in [-0.2, 0) is 16.1 Å². The van der Waals surface area contributed by atoms with E-state index in [4.69, 9.17) is 0 Å². The van der Waals surface area contributed by atoms with Crippen LogP contribution in [-0.4, -0.2) is 70.3 Å². The van der Waals surface area contributed by atoms with E-state index in [1.165, 1.54) is 10.5 Å². The quantitative estimate of drug-likeness (QED) is 0.754. The van der Waals surface area contributed by atoms with Gasteiger partial charge < -0.3 is 10.2 Å². The highest BCUT2D eigenvalue weighted by atomic mass is 16.2. The molecule has 3 saturated heterocycles. The number of imide groups is 1. The monoisotopic (exact) mass is 412 g/mol. The molecule has 3 aliphatic heterocycles. The number of carbonyl (C=O) groups is 3. The number of nitrogens with zero attached hydrogens (tertiary/aromatic N) is 3. The molecule has 3 heterocycles. The second kappa shape index (κ2) is 8.76. The molecule has 0 aliphatic carbocycles. The van der Waals surface area contributed by atoms with E-state index in [9.17, 15) is 14.4 Å². The summed E-state index contributed by atoms with van der Waals surface area (Å²) in [6.45, 7) is 5.60. The normalized spacial score (nSPS) is 24.4. The standard InChI is InChI=1S/C23H32N4O3/c1-2-7-20(28)26-13-6-10-19(17-26)27-21(29)23(24-22(27)30)11-14-25(15-12-23)16-18-8-4-3-5-9-18/h3-5,8-9,19H,2,6-7,10-17H2,1H3,(H,24,30)/t19-/m1/s1. The van der Waals surface area contributed by atoms with E-state index in [1.54, 1.807) is 0 Å². The van der Waals surface area contributed by atoms with Gasteiger partial charge in [0.1, 0.15) is 5.54 Å².